The van der Waals surface area contributed by atoms with Crippen molar-refractivity contribution in [2.45, 2.75) is 18.7 Å². The number of carbonyl (C=O) groups excluding carboxylic acids is 1. The van der Waals surface area contributed by atoms with E-state index in [9.17, 15) is 13.2 Å². The van der Waals surface area contributed by atoms with Crippen LogP contribution in [0.5, 0.6) is 5.75 Å². The zero-order chi connectivity index (χ0) is 19.6. The maximum atomic E-state index is 13.0. The lowest BCUT2D eigenvalue weighted by molar-refractivity contribution is 0.0823. The lowest BCUT2D eigenvalue weighted by Crippen LogP contribution is -2.40. The first-order valence-corrected chi connectivity index (χ1v) is 9.45. The number of carbonyl (C=O) groups is 1. The maximum Gasteiger partial charge on any atom is 0.257 e. The highest BCUT2D eigenvalue weighted by Crippen LogP contribution is 2.34. The van der Waals surface area contributed by atoms with E-state index in [4.69, 9.17) is 22.1 Å². The molecule has 0 fully saturated rings. The van der Waals surface area contributed by atoms with Gasteiger partial charge in [-0.2, -0.15) is 0 Å². The van der Waals surface area contributed by atoms with Crippen LogP contribution >= 0.6 is 24.0 Å². The molecule has 0 aliphatic carbocycles. The van der Waals surface area contributed by atoms with Gasteiger partial charge in [0.25, 0.3) is 5.91 Å². The van der Waals surface area contributed by atoms with E-state index in [1.807, 2.05) is 13.8 Å². The Morgan fingerprint density at radius 1 is 1.27 bits per heavy atom. The van der Waals surface area contributed by atoms with E-state index in [-0.39, 0.29) is 40.2 Å². The summed E-state index contributed by atoms with van der Waals surface area (Å²) >= 11 is 6.07. The first-order chi connectivity index (χ1) is 11.4. The summed E-state index contributed by atoms with van der Waals surface area (Å²) in [6, 6.07) is 2.68. The van der Waals surface area contributed by atoms with Crippen molar-refractivity contribution in [2.24, 2.45) is 11.1 Å². The largest absolute Gasteiger partial charge is 0.494 e. The van der Waals surface area contributed by atoms with Crippen molar-refractivity contribution in [1.29, 1.82) is 0 Å². The average molecular weight is 428 g/mol. The summed E-state index contributed by atoms with van der Waals surface area (Å²) in [5, 5.41) is 0.135. The van der Waals surface area contributed by atoms with Crippen LogP contribution in [0, 0.1) is 5.41 Å². The highest BCUT2D eigenvalue weighted by molar-refractivity contribution is 7.89. The number of halogens is 2. The molecule has 1 aromatic carbocycles. The highest BCUT2D eigenvalue weighted by Gasteiger charge is 2.32. The van der Waals surface area contributed by atoms with Gasteiger partial charge in [0, 0.05) is 32.7 Å². The van der Waals surface area contributed by atoms with Gasteiger partial charge in [0.2, 0.25) is 10.0 Å². The SMILES string of the molecule is COc1c(C(=O)N(C)C)cc(Cl)cc1S(=O)(=O)N(C)CC(C)(C)CN.Cl. The van der Waals surface area contributed by atoms with Crippen LogP contribution in [0.4, 0.5) is 0 Å². The number of methoxy groups -OCH3 is 1. The molecule has 0 aliphatic heterocycles. The van der Waals surface area contributed by atoms with Gasteiger partial charge in [-0.15, -0.1) is 12.4 Å². The molecule has 150 valence electrons. The van der Waals surface area contributed by atoms with Gasteiger partial charge in [-0.25, -0.2) is 12.7 Å². The van der Waals surface area contributed by atoms with Gasteiger partial charge in [0.15, 0.2) is 5.75 Å². The third kappa shape index (κ3) is 5.47. The molecule has 0 radical (unpaired) electrons. The van der Waals surface area contributed by atoms with Crippen LogP contribution in [0.25, 0.3) is 0 Å². The second-order valence-corrected chi connectivity index (χ2v) is 9.26. The number of rotatable bonds is 7. The topological polar surface area (TPSA) is 92.9 Å². The van der Waals surface area contributed by atoms with Crippen molar-refractivity contribution in [1.82, 2.24) is 9.21 Å². The number of amides is 1. The second kappa shape index (κ2) is 9.23. The van der Waals surface area contributed by atoms with E-state index in [0.29, 0.717) is 6.54 Å². The van der Waals surface area contributed by atoms with E-state index in [2.05, 4.69) is 0 Å². The summed E-state index contributed by atoms with van der Waals surface area (Å²) in [4.78, 5) is 13.5. The zero-order valence-electron chi connectivity index (χ0n) is 15.9. The molecule has 26 heavy (non-hydrogen) atoms. The summed E-state index contributed by atoms with van der Waals surface area (Å²) in [6.07, 6.45) is 0. The van der Waals surface area contributed by atoms with Gasteiger partial charge in [0.1, 0.15) is 4.90 Å². The molecular formula is C16H27Cl2N3O4S. The van der Waals surface area contributed by atoms with Crippen LogP contribution < -0.4 is 10.5 Å². The van der Waals surface area contributed by atoms with Crippen LogP contribution in [0.1, 0.15) is 24.2 Å². The van der Waals surface area contributed by atoms with Crippen molar-refractivity contribution in [3.8, 4) is 5.75 Å². The molecule has 0 bridgehead atoms. The molecule has 2 N–H and O–H groups in total. The predicted octanol–water partition coefficient (Wildman–Crippen LogP) is 2.08. The fraction of sp³-hybridized carbons (Fsp3) is 0.562. The molecule has 10 heteroatoms. The van der Waals surface area contributed by atoms with Crippen molar-refractivity contribution in [3.05, 3.63) is 22.7 Å². The van der Waals surface area contributed by atoms with E-state index in [1.54, 1.807) is 14.1 Å². The predicted molar refractivity (Wildman–Crippen MR) is 106 cm³/mol. The van der Waals surface area contributed by atoms with Crippen molar-refractivity contribution in [3.63, 3.8) is 0 Å². The fourth-order valence-corrected chi connectivity index (χ4v) is 4.13. The second-order valence-electron chi connectivity index (χ2n) is 6.81. The molecule has 1 rings (SSSR count). The van der Waals surface area contributed by atoms with Gasteiger partial charge in [-0.1, -0.05) is 25.4 Å². The van der Waals surface area contributed by atoms with Crippen molar-refractivity contribution in [2.75, 3.05) is 41.3 Å². The summed E-state index contributed by atoms with van der Waals surface area (Å²) in [7, 11) is 1.97. The molecular weight excluding hydrogens is 401 g/mol. The molecule has 0 atom stereocenters. The molecule has 0 saturated heterocycles. The van der Waals surface area contributed by atoms with Gasteiger partial charge >= 0.3 is 0 Å². The Bertz CT molecular complexity index is 752. The van der Waals surface area contributed by atoms with Gasteiger partial charge < -0.3 is 15.4 Å². The van der Waals surface area contributed by atoms with Gasteiger partial charge in [0.05, 0.1) is 12.7 Å². The normalized spacial score (nSPS) is 11.9. The minimum atomic E-state index is -3.93. The molecule has 0 heterocycles. The standard InChI is InChI=1S/C16H26ClN3O4S.ClH/c1-16(2,9-18)10-20(5)25(22,23)13-8-11(17)7-12(14(13)24-6)15(21)19(3)4;/h7-8H,9-10,18H2,1-6H3;1H. The molecule has 1 amide bonds. The van der Waals surface area contributed by atoms with E-state index in [0.717, 1.165) is 0 Å². The Morgan fingerprint density at radius 2 is 1.81 bits per heavy atom. The quantitative estimate of drug-likeness (QED) is 0.718. The summed E-state index contributed by atoms with van der Waals surface area (Å²) in [5.41, 5.74) is 5.38. The molecule has 0 saturated carbocycles. The Labute approximate surface area is 166 Å². The summed E-state index contributed by atoms with van der Waals surface area (Å²) in [5.74, 6) is -0.429. The molecule has 0 aromatic heterocycles. The first-order valence-electron chi connectivity index (χ1n) is 7.63. The van der Waals surface area contributed by atoms with Crippen LogP contribution in [-0.4, -0.2) is 64.9 Å². The number of hydrogen-bond acceptors (Lipinski definition) is 5. The van der Waals surface area contributed by atoms with E-state index in [1.165, 1.54) is 35.5 Å². The highest BCUT2D eigenvalue weighted by atomic mass is 35.5. The number of nitrogens with two attached hydrogens (primary N) is 1. The molecule has 1 aromatic rings. The Morgan fingerprint density at radius 3 is 2.23 bits per heavy atom. The van der Waals surface area contributed by atoms with Crippen LogP contribution in [-0.2, 0) is 10.0 Å². The van der Waals surface area contributed by atoms with Crippen LogP contribution in [0.15, 0.2) is 17.0 Å². The minimum Gasteiger partial charge on any atom is -0.494 e. The van der Waals surface area contributed by atoms with E-state index >= 15 is 0 Å². The number of benzene rings is 1. The monoisotopic (exact) mass is 427 g/mol. The first kappa shape index (κ1) is 24.9. The van der Waals surface area contributed by atoms with E-state index < -0.39 is 21.3 Å². The Kier molecular flexibility index (Phi) is 8.86. The number of nitrogens with zero attached hydrogens (tertiary/aromatic N) is 2. The molecule has 0 unspecified atom stereocenters. The lowest BCUT2D eigenvalue weighted by Gasteiger charge is -2.29. The summed E-state index contributed by atoms with van der Waals surface area (Å²) in [6.45, 7) is 4.27. The third-order valence-electron chi connectivity index (χ3n) is 3.75. The fourth-order valence-electron chi connectivity index (χ4n) is 2.29. The molecule has 7 nitrogen and oxygen atoms in total. The molecule has 0 aliphatic rings. The average Bonchev–Trinajstić information content (AvgIpc) is 2.52. The number of hydrogen-bond donors (Lipinski definition) is 1. The maximum absolute atomic E-state index is 13.0. The van der Waals surface area contributed by atoms with Gasteiger partial charge in [-0.3, -0.25) is 4.79 Å². The smallest absolute Gasteiger partial charge is 0.257 e. The van der Waals surface area contributed by atoms with Crippen molar-refractivity contribution >= 4 is 39.9 Å². The summed E-state index contributed by atoms with van der Waals surface area (Å²) < 4.78 is 32.5. The molecule has 0 spiro atoms. The Hall–Kier alpha value is -1.06. The third-order valence-corrected chi connectivity index (χ3v) is 5.78. The lowest BCUT2D eigenvalue weighted by atomic mass is 9.94. The number of ether oxygens (including phenoxy) is 1. The zero-order valence-corrected chi connectivity index (χ0v) is 18.3. The van der Waals surface area contributed by atoms with Crippen LogP contribution in [0.2, 0.25) is 5.02 Å². The van der Waals surface area contributed by atoms with Crippen LogP contribution in [0.3, 0.4) is 0 Å². The van der Waals surface area contributed by atoms with Gasteiger partial charge in [-0.05, 0) is 24.1 Å². The Balaban J connectivity index is 0.00000625. The number of sulfonamides is 1. The van der Waals surface area contributed by atoms with Crippen molar-refractivity contribution < 1.29 is 17.9 Å². The minimum absolute atomic E-state index is 0.